The number of nitrogens with two attached hydrogens (primary N) is 1. The fourth-order valence-corrected chi connectivity index (χ4v) is 4.49. The van der Waals surface area contributed by atoms with E-state index in [0.29, 0.717) is 29.7 Å². The molecule has 0 saturated heterocycles. The Balaban J connectivity index is 1.66. The number of hydrogen-bond donors (Lipinski definition) is 1. The minimum atomic E-state index is -0.879. The molecule has 0 fully saturated rings. The monoisotopic (exact) mass is 472 g/mol. The first-order chi connectivity index (χ1) is 16.6. The third-order valence-electron chi connectivity index (χ3n) is 6.81. The number of anilines is 1. The van der Waals surface area contributed by atoms with Crippen molar-refractivity contribution >= 4 is 16.9 Å². The van der Waals surface area contributed by atoms with E-state index in [9.17, 15) is 8.78 Å². The lowest BCUT2D eigenvalue weighted by molar-refractivity contribution is 0.167. The fraction of sp³-hybridized carbons (Fsp3) is 0.286. The van der Waals surface area contributed by atoms with Crippen LogP contribution < -0.4 is 11.1 Å². The molecule has 0 spiro atoms. The van der Waals surface area contributed by atoms with Crippen LogP contribution >= 0.6 is 0 Å². The van der Waals surface area contributed by atoms with Crippen molar-refractivity contribution in [2.24, 2.45) is 0 Å². The number of rotatable bonds is 4. The molecule has 1 aromatic heterocycles. The molecule has 2 heterocycles. The first-order valence-corrected chi connectivity index (χ1v) is 11.6. The van der Waals surface area contributed by atoms with Gasteiger partial charge in [0.1, 0.15) is 0 Å². The molecule has 1 atom stereocenters. The van der Waals surface area contributed by atoms with Crippen molar-refractivity contribution in [1.29, 1.82) is 0 Å². The molecule has 5 nitrogen and oxygen atoms in total. The fourth-order valence-electron chi connectivity index (χ4n) is 4.49. The van der Waals surface area contributed by atoms with Gasteiger partial charge in [0.15, 0.2) is 11.6 Å². The summed E-state index contributed by atoms with van der Waals surface area (Å²) in [5.74, 6) is -1.55. The SMILES string of the molecule is CN(Cc1cc(F)c(F)cc1-c1ccc2nc(N)nc(C3[N]Cc4ccccc43)c2c1)C(C)(C)C. The number of halogens is 2. The Morgan fingerprint density at radius 2 is 1.74 bits per heavy atom. The lowest BCUT2D eigenvalue weighted by atomic mass is 9.94. The van der Waals surface area contributed by atoms with E-state index in [1.165, 1.54) is 12.1 Å². The van der Waals surface area contributed by atoms with Gasteiger partial charge in [-0.2, -0.15) is 0 Å². The van der Waals surface area contributed by atoms with E-state index in [-0.39, 0.29) is 17.5 Å². The summed E-state index contributed by atoms with van der Waals surface area (Å²) in [6, 6.07) is 16.1. The van der Waals surface area contributed by atoms with Crippen LogP contribution in [0.25, 0.3) is 22.0 Å². The average Bonchev–Trinajstić information content (AvgIpc) is 3.24. The molecule has 1 unspecified atom stereocenters. The zero-order valence-corrected chi connectivity index (χ0v) is 20.3. The van der Waals surface area contributed by atoms with Gasteiger partial charge in [-0.3, -0.25) is 4.90 Å². The van der Waals surface area contributed by atoms with Crippen LogP contribution in [0.1, 0.15) is 49.2 Å². The zero-order valence-electron chi connectivity index (χ0n) is 20.3. The van der Waals surface area contributed by atoms with Gasteiger partial charge >= 0.3 is 0 Å². The number of nitrogen functional groups attached to an aromatic ring is 1. The Morgan fingerprint density at radius 1 is 1.00 bits per heavy atom. The summed E-state index contributed by atoms with van der Waals surface area (Å²) >= 11 is 0. The van der Waals surface area contributed by atoms with Crippen LogP contribution in [0.15, 0.2) is 54.6 Å². The first-order valence-electron chi connectivity index (χ1n) is 11.6. The minimum absolute atomic E-state index is 0.137. The molecule has 179 valence electrons. The van der Waals surface area contributed by atoms with Gasteiger partial charge < -0.3 is 5.73 Å². The van der Waals surface area contributed by atoms with Gasteiger partial charge in [0, 0.05) is 24.0 Å². The van der Waals surface area contributed by atoms with Gasteiger partial charge in [0.05, 0.1) is 17.3 Å². The maximum absolute atomic E-state index is 14.4. The van der Waals surface area contributed by atoms with Crippen molar-refractivity contribution in [2.75, 3.05) is 12.8 Å². The first kappa shape index (κ1) is 23.3. The Hall–Kier alpha value is -3.42. The van der Waals surface area contributed by atoms with Gasteiger partial charge in [-0.15, -0.1) is 0 Å². The molecule has 4 aromatic rings. The lowest BCUT2D eigenvalue weighted by Gasteiger charge is -2.32. The highest BCUT2D eigenvalue weighted by atomic mass is 19.2. The van der Waals surface area contributed by atoms with E-state index in [0.717, 1.165) is 27.8 Å². The molecule has 5 rings (SSSR count). The predicted octanol–water partition coefficient (Wildman–Crippen LogP) is 5.59. The highest BCUT2D eigenvalue weighted by Crippen LogP contribution is 2.37. The summed E-state index contributed by atoms with van der Waals surface area (Å²) in [4.78, 5) is 11.1. The summed E-state index contributed by atoms with van der Waals surface area (Å²) in [6.07, 6.45) is 0. The molecule has 3 aromatic carbocycles. The third kappa shape index (κ3) is 4.37. The van der Waals surface area contributed by atoms with Crippen molar-refractivity contribution in [1.82, 2.24) is 20.2 Å². The quantitative estimate of drug-likeness (QED) is 0.420. The minimum Gasteiger partial charge on any atom is -0.368 e. The molecule has 2 N–H and O–H groups in total. The van der Waals surface area contributed by atoms with Crippen LogP contribution in [0.4, 0.5) is 14.7 Å². The number of hydrogen-bond acceptors (Lipinski definition) is 4. The molecule has 1 aliphatic heterocycles. The molecule has 7 heteroatoms. The van der Waals surface area contributed by atoms with Crippen molar-refractivity contribution in [2.45, 2.75) is 45.4 Å². The van der Waals surface area contributed by atoms with Crippen molar-refractivity contribution in [3.63, 3.8) is 0 Å². The molecule has 0 bridgehead atoms. The topological polar surface area (TPSA) is 69.1 Å². The predicted molar refractivity (Wildman–Crippen MR) is 135 cm³/mol. The Labute approximate surface area is 204 Å². The highest BCUT2D eigenvalue weighted by molar-refractivity contribution is 5.88. The summed E-state index contributed by atoms with van der Waals surface area (Å²) in [7, 11) is 1.97. The Bertz CT molecular complexity index is 1430. The maximum atomic E-state index is 14.4. The van der Waals surface area contributed by atoms with Crippen LogP contribution in [-0.4, -0.2) is 27.5 Å². The van der Waals surface area contributed by atoms with Crippen LogP contribution in [0.2, 0.25) is 0 Å². The smallest absolute Gasteiger partial charge is 0.220 e. The lowest BCUT2D eigenvalue weighted by Crippen LogP contribution is -2.37. The highest BCUT2D eigenvalue weighted by Gasteiger charge is 2.28. The molecule has 1 radical (unpaired) electrons. The molecule has 35 heavy (non-hydrogen) atoms. The standard InChI is InChI=1S/C28H28F2N5/c1-28(2,3)35(4)15-18-12-22(29)23(30)13-20(18)16-9-10-24-21(11-16)26(34-27(31)33-24)25-19-8-6-5-7-17(19)14-32-25/h5-13,25H,14-15H2,1-4H3,(H2,31,33,34). The number of nitrogens with zero attached hydrogens (tertiary/aromatic N) is 4. The molecule has 0 saturated carbocycles. The van der Waals surface area contributed by atoms with Crippen LogP contribution in [0.3, 0.4) is 0 Å². The van der Waals surface area contributed by atoms with E-state index in [1.54, 1.807) is 0 Å². The number of benzene rings is 3. The van der Waals surface area contributed by atoms with Crippen molar-refractivity contribution < 1.29 is 8.78 Å². The summed E-state index contributed by atoms with van der Waals surface area (Å²) in [6.45, 7) is 7.32. The maximum Gasteiger partial charge on any atom is 0.220 e. The average molecular weight is 473 g/mol. The van der Waals surface area contributed by atoms with Crippen LogP contribution in [-0.2, 0) is 13.1 Å². The molecule has 0 amide bonds. The van der Waals surface area contributed by atoms with Gasteiger partial charge in [-0.25, -0.2) is 24.1 Å². The van der Waals surface area contributed by atoms with E-state index in [4.69, 9.17) is 11.1 Å². The summed E-state index contributed by atoms with van der Waals surface area (Å²) < 4.78 is 28.7. The normalized spacial score (nSPS) is 15.7. The van der Waals surface area contributed by atoms with Crippen LogP contribution in [0.5, 0.6) is 0 Å². The second-order valence-corrected chi connectivity index (χ2v) is 10.1. The molecular formula is C28H28F2N5. The van der Waals surface area contributed by atoms with E-state index >= 15 is 0 Å². The van der Waals surface area contributed by atoms with E-state index in [1.807, 2.05) is 37.4 Å². The van der Waals surface area contributed by atoms with Crippen molar-refractivity contribution in [3.05, 3.63) is 88.6 Å². The molecule has 1 aliphatic rings. The number of fused-ring (bicyclic) bond motifs is 2. The zero-order chi connectivity index (χ0) is 24.9. The molecular weight excluding hydrogens is 444 g/mol. The van der Waals surface area contributed by atoms with Crippen molar-refractivity contribution in [3.8, 4) is 11.1 Å². The van der Waals surface area contributed by atoms with Gasteiger partial charge in [-0.05, 0) is 79.9 Å². The second-order valence-electron chi connectivity index (χ2n) is 10.1. The molecule has 0 aliphatic carbocycles. The Morgan fingerprint density at radius 3 is 2.51 bits per heavy atom. The largest absolute Gasteiger partial charge is 0.368 e. The van der Waals surface area contributed by atoms with Gasteiger partial charge in [0.2, 0.25) is 5.95 Å². The van der Waals surface area contributed by atoms with Crippen LogP contribution in [0, 0.1) is 11.6 Å². The number of aromatic nitrogens is 2. The van der Waals surface area contributed by atoms with Gasteiger partial charge in [-0.1, -0.05) is 30.3 Å². The van der Waals surface area contributed by atoms with E-state index in [2.05, 4.69) is 47.8 Å². The van der Waals surface area contributed by atoms with Gasteiger partial charge in [0.25, 0.3) is 0 Å². The Kier molecular flexibility index (Phi) is 5.77. The summed E-state index contributed by atoms with van der Waals surface area (Å²) in [5.41, 5.74) is 11.7. The second kappa shape index (κ2) is 8.66. The third-order valence-corrected chi connectivity index (χ3v) is 6.81. The van der Waals surface area contributed by atoms with E-state index < -0.39 is 11.6 Å². The summed E-state index contributed by atoms with van der Waals surface area (Å²) in [5, 5.41) is 5.61.